The number of likely N-dealkylation sites (N-methyl/N-ethyl adjacent to an activating group) is 1. The van der Waals surface area contributed by atoms with Crippen LogP contribution < -0.4 is 19.7 Å². The standard InChI is InChI=1S/C46H55N7O6S2/c1-49(2)24-23-38(34-60-41-13-9-6-10-14-41)47-44-22-20-42(32-45(44)53(55)56)61(57,58)48-46(54)36-15-17-39(18-16-36)52-27-25-51(26-28-52)33-37-31-40(59-30-29-50(3)4)19-21-43(37)35-11-7-5-8-12-35/h5-22,31-32,38,47H,23-30,33-34H2,1-4H3,(H,48,54)/t38-/m1/s1. The van der Waals surface area contributed by atoms with E-state index >= 15 is 0 Å². The highest BCUT2D eigenvalue weighted by molar-refractivity contribution is 7.99. The van der Waals surface area contributed by atoms with Gasteiger partial charge in [-0.2, -0.15) is 0 Å². The number of nitro benzene ring substituents is 1. The summed E-state index contributed by atoms with van der Waals surface area (Å²) < 4.78 is 35.0. The zero-order valence-corrected chi connectivity index (χ0v) is 36.8. The Morgan fingerprint density at radius 2 is 1.51 bits per heavy atom. The number of carbonyl (C=O) groups excluding carboxylic acids is 1. The quantitative estimate of drug-likeness (QED) is 0.0466. The van der Waals surface area contributed by atoms with Gasteiger partial charge in [-0.25, -0.2) is 13.1 Å². The van der Waals surface area contributed by atoms with Gasteiger partial charge >= 0.3 is 0 Å². The molecule has 15 heteroatoms. The number of ether oxygens (including phenoxy) is 1. The first kappa shape index (κ1) is 45.1. The molecule has 1 atom stereocenters. The average molecular weight is 866 g/mol. The molecule has 1 heterocycles. The van der Waals surface area contributed by atoms with Crippen LogP contribution in [-0.4, -0.2) is 120 Å². The number of benzene rings is 5. The molecular formula is C46H55N7O6S2. The van der Waals surface area contributed by atoms with Gasteiger partial charge in [-0.3, -0.25) is 19.8 Å². The van der Waals surface area contributed by atoms with Crippen molar-refractivity contribution in [2.45, 2.75) is 28.8 Å². The van der Waals surface area contributed by atoms with Gasteiger partial charge in [0.2, 0.25) is 0 Å². The molecule has 0 aromatic heterocycles. The first-order valence-corrected chi connectivity index (χ1v) is 22.8. The van der Waals surface area contributed by atoms with Gasteiger partial charge in [-0.15, -0.1) is 11.8 Å². The maximum absolute atomic E-state index is 13.4. The molecule has 0 radical (unpaired) electrons. The molecule has 5 aromatic rings. The van der Waals surface area contributed by atoms with E-state index in [1.54, 1.807) is 23.9 Å². The van der Waals surface area contributed by atoms with Crippen LogP contribution in [0.4, 0.5) is 17.1 Å². The number of hydrogen-bond acceptors (Lipinski definition) is 12. The van der Waals surface area contributed by atoms with Gasteiger partial charge in [0.25, 0.3) is 21.6 Å². The third kappa shape index (κ3) is 13.0. The molecule has 6 rings (SSSR count). The fourth-order valence-electron chi connectivity index (χ4n) is 7.00. The minimum Gasteiger partial charge on any atom is -0.492 e. The molecule has 1 fully saturated rings. The monoisotopic (exact) mass is 865 g/mol. The van der Waals surface area contributed by atoms with Crippen LogP contribution in [0.15, 0.2) is 131 Å². The number of rotatable bonds is 20. The zero-order chi connectivity index (χ0) is 43.4. The molecule has 0 bridgehead atoms. The van der Waals surface area contributed by atoms with Crippen molar-refractivity contribution in [2.24, 2.45) is 0 Å². The number of anilines is 2. The van der Waals surface area contributed by atoms with Gasteiger partial charge in [0.1, 0.15) is 18.0 Å². The Balaban J connectivity index is 1.06. The van der Waals surface area contributed by atoms with Crippen molar-refractivity contribution < 1.29 is 22.9 Å². The second kappa shape index (κ2) is 21.4. The summed E-state index contributed by atoms with van der Waals surface area (Å²) in [7, 11) is 3.54. The van der Waals surface area contributed by atoms with Crippen molar-refractivity contribution in [3.05, 3.63) is 143 Å². The molecule has 1 aliphatic rings. The minimum atomic E-state index is -4.44. The van der Waals surface area contributed by atoms with Crippen LogP contribution in [0, 0.1) is 10.1 Å². The average Bonchev–Trinajstić information content (AvgIpc) is 3.25. The third-order valence-corrected chi connectivity index (χ3v) is 12.9. The lowest BCUT2D eigenvalue weighted by Crippen LogP contribution is -2.46. The van der Waals surface area contributed by atoms with Crippen LogP contribution in [0.25, 0.3) is 11.1 Å². The van der Waals surface area contributed by atoms with Gasteiger partial charge in [0.05, 0.1) is 9.82 Å². The Labute approximate surface area is 363 Å². The number of piperazine rings is 1. The van der Waals surface area contributed by atoms with E-state index in [2.05, 4.69) is 61.1 Å². The van der Waals surface area contributed by atoms with Crippen LogP contribution in [0.3, 0.4) is 0 Å². The van der Waals surface area contributed by atoms with E-state index in [9.17, 15) is 23.3 Å². The summed E-state index contributed by atoms with van der Waals surface area (Å²) in [5, 5.41) is 15.5. The number of carbonyl (C=O) groups is 1. The lowest BCUT2D eigenvalue weighted by molar-refractivity contribution is -0.384. The summed E-state index contributed by atoms with van der Waals surface area (Å²) in [5.41, 5.74) is 4.43. The number of thioether (sulfide) groups is 1. The summed E-state index contributed by atoms with van der Waals surface area (Å²) >= 11 is 1.63. The summed E-state index contributed by atoms with van der Waals surface area (Å²) in [4.78, 5) is 34.4. The van der Waals surface area contributed by atoms with E-state index in [1.807, 2.05) is 87.7 Å². The highest BCUT2D eigenvalue weighted by atomic mass is 32.2. The first-order chi connectivity index (χ1) is 29.3. The van der Waals surface area contributed by atoms with Gasteiger partial charge in [-0.1, -0.05) is 54.6 Å². The van der Waals surface area contributed by atoms with Crippen LogP contribution in [0.2, 0.25) is 0 Å². The second-order valence-electron chi connectivity index (χ2n) is 15.6. The van der Waals surface area contributed by atoms with Gasteiger partial charge in [0, 0.05) is 73.3 Å². The molecule has 0 unspecified atom stereocenters. The summed E-state index contributed by atoms with van der Waals surface area (Å²) in [6, 6.07) is 36.9. The van der Waals surface area contributed by atoms with Crippen LogP contribution in [-0.2, 0) is 16.6 Å². The Kier molecular flexibility index (Phi) is 15.8. The Morgan fingerprint density at radius 1 is 0.836 bits per heavy atom. The Hall–Kier alpha value is -5.45. The normalized spacial score (nSPS) is 13.9. The SMILES string of the molecule is CN(C)CCOc1ccc(-c2ccccc2)c(CN2CCN(c3ccc(C(=O)NS(=O)(=O)c4ccc(N[C@H](CCN(C)C)CSc5ccccc5)c([N+](=O)[O-])c4)cc3)CC2)c1. The highest BCUT2D eigenvalue weighted by Gasteiger charge is 2.26. The second-order valence-corrected chi connectivity index (χ2v) is 18.4. The lowest BCUT2D eigenvalue weighted by Gasteiger charge is -2.36. The minimum absolute atomic E-state index is 0.144. The number of sulfonamides is 1. The van der Waals surface area contributed by atoms with Gasteiger partial charge in [0.15, 0.2) is 0 Å². The van der Waals surface area contributed by atoms with E-state index in [-0.39, 0.29) is 22.2 Å². The predicted molar refractivity (Wildman–Crippen MR) is 245 cm³/mol. The molecular weight excluding hydrogens is 811 g/mol. The molecule has 0 saturated carbocycles. The van der Waals surface area contributed by atoms with Crippen LogP contribution in [0.1, 0.15) is 22.3 Å². The number of amides is 1. The third-order valence-electron chi connectivity index (χ3n) is 10.4. The zero-order valence-electron chi connectivity index (χ0n) is 35.2. The van der Waals surface area contributed by atoms with E-state index in [0.717, 1.165) is 73.8 Å². The topological polar surface area (TPSA) is 141 Å². The van der Waals surface area contributed by atoms with E-state index in [1.165, 1.54) is 23.3 Å². The van der Waals surface area contributed by atoms with Gasteiger partial charge in [-0.05, 0) is 119 Å². The van der Waals surface area contributed by atoms with Crippen molar-refractivity contribution in [1.82, 2.24) is 19.4 Å². The Morgan fingerprint density at radius 3 is 2.16 bits per heavy atom. The van der Waals surface area contributed by atoms with E-state index < -0.39 is 26.5 Å². The fraction of sp³-hybridized carbons (Fsp3) is 0.326. The van der Waals surface area contributed by atoms with Crippen LogP contribution in [0.5, 0.6) is 5.75 Å². The largest absolute Gasteiger partial charge is 0.492 e. The molecule has 322 valence electrons. The molecule has 5 aromatic carbocycles. The smallest absolute Gasteiger partial charge is 0.293 e. The molecule has 0 spiro atoms. The van der Waals surface area contributed by atoms with Crippen molar-refractivity contribution in [2.75, 3.05) is 90.0 Å². The number of hydrogen-bond donors (Lipinski definition) is 2. The number of nitrogens with zero attached hydrogens (tertiary/aromatic N) is 5. The summed E-state index contributed by atoms with van der Waals surface area (Å²) in [5.74, 6) is 0.664. The Bertz CT molecular complexity index is 2320. The van der Waals surface area contributed by atoms with E-state index in [0.29, 0.717) is 18.8 Å². The molecule has 1 saturated heterocycles. The van der Waals surface area contributed by atoms with Gasteiger partial charge < -0.3 is 24.8 Å². The maximum atomic E-state index is 13.4. The molecule has 13 nitrogen and oxygen atoms in total. The maximum Gasteiger partial charge on any atom is 0.293 e. The summed E-state index contributed by atoms with van der Waals surface area (Å²) in [6.45, 7) is 6.14. The number of nitro groups is 1. The number of nitrogens with one attached hydrogen (secondary N) is 2. The molecule has 2 N–H and O–H groups in total. The molecule has 1 aliphatic heterocycles. The molecule has 1 amide bonds. The predicted octanol–water partition coefficient (Wildman–Crippen LogP) is 7.17. The summed E-state index contributed by atoms with van der Waals surface area (Å²) in [6.07, 6.45) is 0.702. The van der Waals surface area contributed by atoms with E-state index in [4.69, 9.17) is 4.74 Å². The van der Waals surface area contributed by atoms with Crippen molar-refractivity contribution in [3.8, 4) is 16.9 Å². The fourth-order valence-corrected chi connectivity index (χ4v) is 8.99. The van der Waals surface area contributed by atoms with Crippen LogP contribution >= 0.6 is 11.8 Å². The van der Waals surface area contributed by atoms with Crippen molar-refractivity contribution in [1.29, 1.82) is 0 Å². The lowest BCUT2D eigenvalue weighted by atomic mass is 9.98. The van der Waals surface area contributed by atoms with Crippen molar-refractivity contribution in [3.63, 3.8) is 0 Å². The first-order valence-electron chi connectivity index (χ1n) is 20.3. The highest BCUT2D eigenvalue weighted by Crippen LogP contribution is 2.32. The van der Waals surface area contributed by atoms with Crippen molar-refractivity contribution >= 4 is 44.8 Å². The molecule has 0 aliphatic carbocycles. The molecule has 61 heavy (non-hydrogen) atoms.